The summed E-state index contributed by atoms with van der Waals surface area (Å²) in [7, 11) is 0. The van der Waals surface area contributed by atoms with Crippen molar-refractivity contribution in [2.75, 3.05) is 13.2 Å². The lowest BCUT2D eigenvalue weighted by atomic mass is 10.0. The maximum Gasteiger partial charge on any atom is 0.251 e. The topological polar surface area (TPSA) is 38.3 Å². The quantitative estimate of drug-likeness (QED) is 0.838. The Morgan fingerprint density at radius 3 is 2.41 bits per heavy atom. The van der Waals surface area contributed by atoms with E-state index in [9.17, 15) is 4.79 Å². The summed E-state index contributed by atoms with van der Waals surface area (Å²) in [6, 6.07) is 17.5. The van der Waals surface area contributed by atoms with Crippen LogP contribution < -0.4 is 10.1 Å². The molecule has 3 nitrogen and oxygen atoms in total. The van der Waals surface area contributed by atoms with Gasteiger partial charge in [0.15, 0.2) is 0 Å². The molecule has 0 aliphatic carbocycles. The zero-order valence-electron chi connectivity index (χ0n) is 13.2. The van der Waals surface area contributed by atoms with Gasteiger partial charge in [-0.2, -0.15) is 0 Å². The fraction of sp³-hybridized carbons (Fsp3) is 0.316. The molecular formula is C19H23NO2. The molecule has 2 aromatic rings. The predicted octanol–water partition coefficient (Wildman–Crippen LogP) is 4.01. The van der Waals surface area contributed by atoms with Crippen molar-refractivity contribution in [3.63, 3.8) is 0 Å². The number of rotatable bonds is 7. The lowest BCUT2D eigenvalue weighted by molar-refractivity contribution is 0.0951. The summed E-state index contributed by atoms with van der Waals surface area (Å²) in [4.78, 5) is 12.2. The summed E-state index contributed by atoms with van der Waals surface area (Å²) in [6.07, 6.45) is 0.972. The minimum atomic E-state index is -0.0511. The molecule has 116 valence electrons. The number of amides is 1. The zero-order valence-corrected chi connectivity index (χ0v) is 13.2. The molecule has 0 aromatic heterocycles. The largest absolute Gasteiger partial charge is 0.494 e. The van der Waals surface area contributed by atoms with Gasteiger partial charge in [-0.25, -0.2) is 0 Å². The highest BCUT2D eigenvalue weighted by Crippen LogP contribution is 2.15. The van der Waals surface area contributed by atoms with E-state index >= 15 is 0 Å². The minimum absolute atomic E-state index is 0.0511. The second-order valence-electron chi connectivity index (χ2n) is 5.39. The Labute approximate surface area is 132 Å². The zero-order chi connectivity index (χ0) is 15.8. The lowest BCUT2D eigenvalue weighted by Crippen LogP contribution is -2.27. The summed E-state index contributed by atoms with van der Waals surface area (Å²) in [6.45, 7) is 5.49. The fourth-order valence-electron chi connectivity index (χ4n) is 2.17. The molecular weight excluding hydrogens is 274 g/mol. The number of nitrogens with one attached hydrogen (secondary N) is 1. The first-order valence-electron chi connectivity index (χ1n) is 7.76. The van der Waals surface area contributed by atoms with Gasteiger partial charge in [0.25, 0.3) is 5.91 Å². The number of ether oxygens (including phenoxy) is 1. The molecule has 1 amide bonds. The molecule has 0 fully saturated rings. The summed E-state index contributed by atoms with van der Waals surface area (Å²) in [5.41, 5.74) is 1.88. The second-order valence-corrected chi connectivity index (χ2v) is 5.39. The van der Waals surface area contributed by atoms with Gasteiger partial charge >= 0.3 is 0 Å². The Morgan fingerprint density at radius 2 is 1.77 bits per heavy atom. The number of carbonyl (C=O) groups is 1. The van der Waals surface area contributed by atoms with Crippen LogP contribution in [0.2, 0.25) is 0 Å². The highest BCUT2D eigenvalue weighted by atomic mass is 16.5. The summed E-state index contributed by atoms with van der Waals surface area (Å²) < 4.78 is 5.51. The molecule has 2 aromatic carbocycles. The van der Waals surface area contributed by atoms with E-state index in [1.54, 1.807) is 12.1 Å². The molecule has 0 aliphatic rings. The molecule has 0 saturated carbocycles. The maximum atomic E-state index is 12.2. The van der Waals surface area contributed by atoms with E-state index in [-0.39, 0.29) is 11.8 Å². The predicted molar refractivity (Wildman–Crippen MR) is 89.4 cm³/mol. The smallest absolute Gasteiger partial charge is 0.251 e. The molecule has 0 radical (unpaired) electrons. The first kappa shape index (κ1) is 16.1. The van der Waals surface area contributed by atoms with Crippen molar-refractivity contribution in [2.24, 2.45) is 0 Å². The van der Waals surface area contributed by atoms with E-state index in [0.29, 0.717) is 18.7 Å². The Morgan fingerprint density at radius 1 is 1.09 bits per heavy atom. The minimum Gasteiger partial charge on any atom is -0.494 e. The number of benzene rings is 2. The molecule has 0 unspecified atom stereocenters. The van der Waals surface area contributed by atoms with Crippen LogP contribution in [0, 0.1) is 0 Å². The third-order valence-corrected chi connectivity index (χ3v) is 3.53. The van der Waals surface area contributed by atoms with E-state index < -0.39 is 0 Å². The molecule has 0 bridgehead atoms. The molecule has 2 rings (SSSR count). The molecule has 0 spiro atoms. The third-order valence-electron chi connectivity index (χ3n) is 3.53. The van der Waals surface area contributed by atoms with Crippen LogP contribution in [-0.4, -0.2) is 19.1 Å². The monoisotopic (exact) mass is 297 g/mol. The highest BCUT2D eigenvalue weighted by molar-refractivity contribution is 5.94. The summed E-state index contributed by atoms with van der Waals surface area (Å²) >= 11 is 0. The van der Waals surface area contributed by atoms with Crippen molar-refractivity contribution in [1.29, 1.82) is 0 Å². The van der Waals surface area contributed by atoms with Gasteiger partial charge in [0, 0.05) is 12.1 Å². The number of carbonyl (C=O) groups excluding carboxylic acids is 1. The van der Waals surface area contributed by atoms with Crippen LogP contribution in [0.3, 0.4) is 0 Å². The van der Waals surface area contributed by atoms with Crippen LogP contribution in [0.15, 0.2) is 54.6 Å². The van der Waals surface area contributed by atoms with Gasteiger partial charge in [0.05, 0.1) is 6.61 Å². The van der Waals surface area contributed by atoms with Crippen molar-refractivity contribution in [3.8, 4) is 5.75 Å². The average molecular weight is 297 g/mol. The maximum absolute atomic E-state index is 12.2. The fourth-order valence-corrected chi connectivity index (χ4v) is 2.17. The Bertz CT molecular complexity index is 578. The molecule has 1 N–H and O–H groups in total. The van der Waals surface area contributed by atoms with E-state index in [1.165, 1.54) is 5.56 Å². The second kappa shape index (κ2) is 8.23. The molecule has 0 heterocycles. The summed E-state index contributed by atoms with van der Waals surface area (Å²) in [5, 5.41) is 2.98. The van der Waals surface area contributed by atoms with Crippen molar-refractivity contribution < 1.29 is 9.53 Å². The average Bonchev–Trinajstić information content (AvgIpc) is 2.58. The van der Waals surface area contributed by atoms with Gasteiger partial charge in [-0.05, 0) is 42.2 Å². The Balaban J connectivity index is 1.86. The van der Waals surface area contributed by atoms with E-state index in [4.69, 9.17) is 4.74 Å². The molecule has 22 heavy (non-hydrogen) atoms. The van der Waals surface area contributed by atoms with Crippen LogP contribution in [0.5, 0.6) is 5.75 Å². The van der Waals surface area contributed by atoms with Gasteiger partial charge in [0.1, 0.15) is 5.75 Å². The molecule has 3 heteroatoms. The normalized spacial score (nSPS) is 11.7. The Kier molecular flexibility index (Phi) is 6.01. The van der Waals surface area contributed by atoms with E-state index in [1.807, 2.05) is 30.3 Å². The third kappa shape index (κ3) is 4.62. The van der Waals surface area contributed by atoms with Gasteiger partial charge < -0.3 is 10.1 Å². The number of hydrogen-bond acceptors (Lipinski definition) is 2. The van der Waals surface area contributed by atoms with Crippen molar-refractivity contribution >= 4 is 5.91 Å². The van der Waals surface area contributed by atoms with E-state index in [0.717, 1.165) is 12.2 Å². The van der Waals surface area contributed by atoms with Crippen LogP contribution in [0.4, 0.5) is 0 Å². The van der Waals surface area contributed by atoms with E-state index in [2.05, 4.69) is 31.3 Å². The highest BCUT2D eigenvalue weighted by Gasteiger charge is 2.09. The van der Waals surface area contributed by atoms with Gasteiger partial charge in [-0.3, -0.25) is 4.79 Å². The first-order valence-corrected chi connectivity index (χ1v) is 7.76. The first-order chi connectivity index (χ1) is 10.7. The van der Waals surface area contributed by atoms with Gasteiger partial charge in [-0.15, -0.1) is 0 Å². The van der Waals surface area contributed by atoms with Crippen LogP contribution in [-0.2, 0) is 0 Å². The van der Waals surface area contributed by atoms with Crippen molar-refractivity contribution in [2.45, 2.75) is 26.2 Å². The van der Waals surface area contributed by atoms with Gasteiger partial charge in [0.2, 0.25) is 0 Å². The molecule has 0 saturated heterocycles. The summed E-state index contributed by atoms with van der Waals surface area (Å²) in [5.74, 6) is 1.04. The van der Waals surface area contributed by atoms with Crippen LogP contribution in [0.1, 0.15) is 42.1 Å². The molecule has 0 aliphatic heterocycles. The van der Waals surface area contributed by atoms with Crippen molar-refractivity contribution in [3.05, 3.63) is 65.7 Å². The SMILES string of the molecule is CCCOc1ccc(C(=O)NC[C@H](C)c2ccccc2)cc1. The van der Waals surface area contributed by atoms with Crippen molar-refractivity contribution in [1.82, 2.24) is 5.32 Å². The lowest BCUT2D eigenvalue weighted by Gasteiger charge is -2.13. The van der Waals surface area contributed by atoms with Crippen LogP contribution >= 0.6 is 0 Å². The van der Waals surface area contributed by atoms with Gasteiger partial charge in [-0.1, -0.05) is 44.2 Å². The standard InChI is InChI=1S/C19H23NO2/c1-3-13-22-18-11-9-17(10-12-18)19(21)20-14-15(2)16-7-5-4-6-8-16/h4-12,15H,3,13-14H2,1-2H3,(H,20,21)/t15-/m0/s1. The number of hydrogen-bond donors (Lipinski definition) is 1. The Hall–Kier alpha value is -2.29. The molecule has 1 atom stereocenters. The van der Waals surface area contributed by atoms with Crippen LogP contribution in [0.25, 0.3) is 0 Å².